The maximum atomic E-state index is 13.9. The quantitative estimate of drug-likeness (QED) is 0.324. The maximum absolute atomic E-state index is 13.9. The predicted octanol–water partition coefficient (Wildman–Crippen LogP) is 2.44. The van der Waals surface area contributed by atoms with Gasteiger partial charge in [-0.3, -0.25) is 10.0 Å². The summed E-state index contributed by atoms with van der Waals surface area (Å²) in [4.78, 5) is 11.6. The van der Waals surface area contributed by atoms with Gasteiger partial charge in [0.1, 0.15) is 24.2 Å². The van der Waals surface area contributed by atoms with Crippen LogP contribution in [0.25, 0.3) is 0 Å². The fourth-order valence-electron chi connectivity index (χ4n) is 3.49. The topological polar surface area (TPSA) is 116 Å². The van der Waals surface area contributed by atoms with Crippen molar-refractivity contribution in [3.8, 4) is 5.75 Å². The van der Waals surface area contributed by atoms with E-state index in [4.69, 9.17) is 9.94 Å². The van der Waals surface area contributed by atoms with Crippen molar-refractivity contribution in [1.82, 2.24) is 9.79 Å². The Balaban J connectivity index is 1.79. The number of hydroxylamine groups is 1. The number of nitrogens with one attached hydrogen (secondary N) is 1. The molecule has 1 aliphatic heterocycles. The third-order valence-corrected chi connectivity index (χ3v) is 7.10. The summed E-state index contributed by atoms with van der Waals surface area (Å²) in [7, 11) is -4.22. The molecule has 0 aliphatic carbocycles. The molecule has 8 nitrogen and oxygen atoms in total. The van der Waals surface area contributed by atoms with Gasteiger partial charge in [-0.05, 0) is 49.2 Å². The van der Waals surface area contributed by atoms with Crippen LogP contribution < -0.4 is 10.2 Å². The molecule has 0 saturated carbocycles. The number of carbonyl (C=O) groups is 1. The standard InChI is InChI=1S/C20H20F4N2O6S/c21-17-3-1-2-16(20(22,23)24)15(17)11-32-13-4-6-14(7-5-13)33(30,31)26-9-8-12(27)10-18(26)19(28)25-29/h1-7,12,18,27,29H,8-11H2,(H,25,28). The second kappa shape index (κ2) is 9.63. The highest BCUT2D eigenvalue weighted by Crippen LogP contribution is 2.34. The molecular formula is C20H20F4N2O6S. The molecule has 0 radical (unpaired) electrons. The number of amides is 1. The Morgan fingerprint density at radius 1 is 1.18 bits per heavy atom. The summed E-state index contributed by atoms with van der Waals surface area (Å²) in [6.45, 7) is -0.913. The molecule has 2 aromatic rings. The van der Waals surface area contributed by atoms with Crippen LogP contribution >= 0.6 is 0 Å². The molecule has 180 valence electrons. The van der Waals surface area contributed by atoms with Crippen LogP contribution in [0.4, 0.5) is 17.6 Å². The lowest BCUT2D eigenvalue weighted by Gasteiger charge is -2.35. The number of piperidine rings is 1. The first-order chi connectivity index (χ1) is 15.4. The van der Waals surface area contributed by atoms with Crippen LogP contribution in [-0.2, 0) is 27.6 Å². The van der Waals surface area contributed by atoms with Gasteiger partial charge < -0.3 is 9.84 Å². The number of ether oxygens (including phenoxy) is 1. The van der Waals surface area contributed by atoms with Crippen LogP contribution in [0.15, 0.2) is 47.4 Å². The summed E-state index contributed by atoms with van der Waals surface area (Å²) in [6, 6.07) is 5.81. The van der Waals surface area contributed by atoms with Gasteiger partial charge in [-0.1, -0.05) is 6.07 Å². The van der Waals surface area contributed by atoms with Crippen LogP contribution in [0, 0.1) is 5.82 Å². The molecule has 1 aliphatic rings. The van der Waals surface area contributed by atoms with Gasteiger partial charge >= 0.3 is 6.18 Å². The van der Waals surface area contributed by atoms with Gasteiger partial charge in [0.2, 0.25) is 10.0 Å². The zero-order chi connectivity index (χ0) is 24.4. The van der Waals surface area contributed by atoms with Crippen molar-refractivity contribution in [2.24, 2.45) is 0 Å². The Bertz CT molecular complexity index is 1110. The Kier molecular flexibility index (Phi) is 7.26. The van der Waals surface area contributed by atoms with Gasteiger partial charge in [0.15, 0.2) is 0 Å². The molecule has 1 saturated heterocycles. The molecule has 0 spiro atoms. The van der Waals surface area contributed by atoms with E-state index in [0.29, 0.717) is 0 Å². The Hall–Kier alpha value is -2.74. The smallest absolute Gasteiger partial charge is 0.416 e. The molecule has 0 aromatic heterocycles. The third kappa shape index (κ3) is 5.43. The first kappa shape index (κ1) is 24.9. The Morgan fingerprint density at radius 2 is 1.85 bits per heavy atom. The highest BCUT2D eigenvalue weighted by Gasteiger charge is 2.40. The second-order valence-corrected chi connectivity index (χ2v) is 9.20. The van der Waals surface area contributed by atoms with E-state index >= 15 is 0 Å². The number of aliphatic hydroxyl groups is 1. The molecule has 1 amide bonds. The average Bonchev–Trinajstić information content (AvgIpc) is 2.77. The van der Waals surface area contributed by atoms with Crippen molar-refractivity contribution >= 4 is 15.9 Å². The average molecular weight is 492 g/mol. The van der Waals surface area contributed by atoms with Crippen molar-refractivity contribution in [2.45, 2.75) is 42.7 Å². The molecule has 2 atom stereocenters. The lowest BCUT2D eigenvalue weighted by molar-refractivity contribution is -0.138. The summed E-state index contributed by atoms with van der Waals surface area (Å²) in [6.07, 6.45) is -5.83. The number of sulfonamides is 1. The molecular weight excluding hydrogens is 472 g/mol. The van der Waals surface area contributed by atoms with E-state index in [1.54, 1.807) is 0 Å². The zero-order valence-electron chi connectivity index (χ0n) is 16.9. The SMILES string of the molecule is O=C(NO)C1CC(O)CCN1S(=O)(=O)c1ccc(OCc2c(F)cccc2C(F)(F)F)cc1. The summed E-state index contributed by atoms with van der Waals surface area (Å²) >= 11 is 0. The molecule has 1 heterocycles. The minimum Gasteiger partial charge on any atom is -0.489 e. The number of hydrogen-bond donors (Lipinski definition) is 3. The fraction of sp³-hybridized carbons (Fsp3) is 0.350. The molecule has 3 N–H and O–H groups in total. The number of rotatable bonds is 6. The lowest BCUT2D eigenvalue weighted by Crippen LogP contribution is -2.54. The molecule has 3 rings (SSSR count). The molecule has 33 heavy (non-hydrogen) atoms. The number of carbonyl (C=O) groups excluding carboxylic acids is 1. The van der Waals surface area contributed by atoms with E-state index in [1.165, 1.54) is 17.6 Å². The van der Waals surface area contributed by atoms with Gasteiger partial charge in [0, 0.05) is 12.1 Å². The van der Waals surface area contributed by atoms with E-state index in [-0.39, 0.29) is 30.0 Å². The first-order valence-corrected chi connectivity index (χ1v) is 11.1. The van der Waals surface area contributed by atoms with Gasteiger partial charge in [-0.15, -0.1) is 0 Å². The zero-order valence-corrected chi connectivity index (χ0v) is 17.7. The number of nitrogens with zero attached hydrogens (tertiary/aromatic N) is 1. The number of halogens is 4. The van der Waals surface area contributed by atoms with E-state index in [0.717, 1.165) is 34.6 Å². The predicted molar refractivity (Wildman–Crippen MR) is 105 cm³/mol. The minimum atomic E-state index is -4.78. The summed E-state index contributed by atoms with van der Waals surface area (Å²) in [5.74, 6) is -2.10. The summed E-state index contributed by atoms with van der Waals surface area (Å²) < 4.78 is 85.3. The summed E-state index contributed by atoms with van der Waals surface area (Å²) in [5, 5.41) is 18.6. The van der Waals surface area contributed by atoms with Gasteiger partial charge in [-0.25, -0.2) is 18.3 Å². The van der Waals surface area contributed by atoms with Gasteiger partial charge in [0.05, 0.1) is 16.6 Å². The summed E-state index contributed by atoms with van der Waals surface area (Å²) in [5.41, 5.74) is -0.484. The van der Waals surface area contributed by atoms with Crippen LogP contribution in [0.5, 0.6) is 5.75 Å². The van der Waals surface area contributed by atoms with Crippen LogP contribution in [-0.4, -0.2) is 47.6 Å². The number of benzene rings is 2. The first-order valence-electron chi connectivity index (χ1n) is 9.66. The highest BCUT2D eigenvalue weighted by molar-refractivity contribution is 7.89. The monoisotopic (exact) mass is 492 g/mol. The maximum Gasteiger partial charge on any atom is 0.416 e. The van der Waals surface area contributed by atoms with Crippen LogP contribution in [0.3, 0.4) is 0 Å². The fourth-order valence-corrected chi connectivity index (χ4v) is 5.11. The molecule has 0 bridgehead atoms. The van der Waals surface area contributed by atoms with E-state index in [2.05, 4.69) is 0 Å². The van der Waals surface area contributed by atoms with Crippen molar-refractivity contribution in [1.29, 1.82) is 0 Å². The van der Waals surface area contributed by atoms with Crippen molar-refractivity contribution in [2.75, 3.05) is 6.54 Å². The Morgan fingerprint density at radius 3 is 2.45 bits per heavy atom. The van der Waals surface area contributed by atoms with E-state index < -0.39 is 57.8 Å². The lowest BCUT2D eigenvalue weighted by atomic mass is 10.0. The molecule has 2 aromatic carbocycles. The van der Waals surface area contributed by atoms with Crippen molar-refractivity contribution in [3.63, 3.8) is 0 Å². The third-order valence-electron chi connectivity index (χ3n) is 5.18. The minimum absolute atomic E-state index is 0.0101. The molecule has 2 unspecified atom stereocenters. The van der Waals surface area contributed by atoms with Crippen molar-refractivity contribution in [3.05, 3.63) is 59.4 Å². The molecule has 13 heteroatoms. The molecule has 1 fully saturated rings. The normalized spacial score (nSPS) is 19.8. The van der Waals surface area contributed by atoms with E-state index in [1.807, 2.05) is 0 Å². The van der Waals surface area contributed by atoms with Gasteiger partial charge in [0.25, 0.3) is 5.91 Å². The Labute approximate surface area is 186 Å². The number of aliphatic hydroxyl groups excluding tert-OH is 1. The number of hydrogen-bond acceptors (Lipinski definition) is 6. The number of alkyl halides is 3. The van der Waals surface area contributed by atoms with Crippen LogP contribution in [0.2, 0.25) is 0 Å². The van der Waals surface area contributed by atoms with Gasteiger partial charge in [-0.2, -0.15) is 17.5 Å². The van der Waals surface area contributed by atoms with E-state index in [9.17, 15) is 35.9 Å². The largest absolute Gasteiger partial charge is 0.489 e. The van der Waals surface area contributed by atoms with Crippen LogP contribution in [0.1, 0.15) is 24.0 Å². The second-order valence-electron chi connectivity index (χ2n) is 7.31. The van der Waals surface area contributed by atoms with Crippen molar-refractivity contribution < 1.29 is 45.8 Å². The highest BCUT2D eigenvalue weighted by atomic mass is 32.2.